The number of rotatable bonds is 3. The second-order valence-corrected chi connectivity index (χ2v) is 3.84. The lowest BCUT2D eigenvalue weighted by atomic mass is 10.3. The predicted octanol–water partition coefficient (Wildman–Crippen LogP) is 1.83. The second kappa shape index (κ2) is 4.71. The number of carbonyl (C=O) groups is 1. The van der Waals surface area contributed by atoms with Crippen LogP contribution in [-0.4, -0.2) is 22.9 Å². The first-order valence-electron chi connectivity index (χ1n) is 4.65. The van der Waals surface area contributed by atoms with Crippen molar-refractivity contribution < 1.29 is 4.79 Å². The van der Waals surface area contributed by atoms with Crippen molar-refractivity contribution in [2.75, 3.05) is 17.7 Å². The summed E-state index contributed by atoms with van der Waals surface area (Å²) in [6.45, 7) is 0. The monoisotopic (exact) mass is 234 g/mol. The van der Waals surface area contributed by atoms with E-state index in [-0.39, 0.29) is 5.91 Å². The maximum absolute atomic E-state index is 11.7. The number of hydrogen-bond donors (Lipinski definition) is 2. The Morgan fingerprint density at radius 2 is 2.31 bits per heavy atom. The van der Waals surface area contributed by atoms with Crippen LogP contribution in [0.3, 0.4) is 0 Å². The molecule has 0 aliphatic heterocycles. The number of anilines is 2. The second-order valence-electron chi connectivity index (χ2n) is 2.95. The van der Waals surface area contributed by atoms with E-state index >= 15 is 0 Å². The molecule has 6 heteroatoms. The molecule has 0 atom stereocenters. The standard InChI is InChI=1S/C10H10N4OS/c1-11-8-4-2-3-7(13-8)9(15)14-10-12-5-6-16-10/h2-6H,1H3,(H,11,13)(H,12,14,15). The average Bonchev–Trinajstić information content (AvgIpc) is 2.82. The summed E-state index contributed by atoms with van der Waals surface area (Å²) in [5, 5.41) is 7.91. The molecule has 2 aromatic rings. The fourth-order valence-corrected chi connectivity index (χ4v) is 1.67. The number of pyridine rings is 1. The van der Waals surface area contributed by atoms with Crippen LogP contribution in [0.1, 0.15) is 10.5 Å². The molecule has 0 bridgehead atoms. The zero-order valence-electron chi connectivity index (χ0n) is 8.60. The third-order valence-electron chi connectivity index (χ3n) is 1.89. The molecule has 2 N–H and O–H groups in total. The van der Waals surface area contributed by atoms with Gasteiger partial charge in [0, 0.05) is 18.6 Å². The van der Waals surface area contributed by atoms with Crippen LogP contribution in [0, 0.1) is 0 Å². The molecule has 2 heterocycles. The summed E-state index contributed by atoms with van der Waals surface area (Å²) < 4.78 is 0. The van der Waals surface area contributed by atoms with Gasteiger partial charge in [0.1, 0.15) is 11.5 Å². The topological polar surface area (TPSA) is 66.9 Å². The smallest absolute Gasteiger partial charge is 0.276 e. The Kier molecular flexibility index (Phi) is 3.11. The molecule has 0 unspecified atom stereocenters. The molecule has 2 aromatic heterocycles. The minimum atomic E-state index is -0.257. The maximum Gasteiger partial charge on any atom is 0.276 e. The van der Waals surface area contributed by atoms with Gasteiger partial charge in [-0.2, -0.15) is 0 Å². The van der Waals surface area contributed by atoms with Gasteiger partial charge in [-0.15, -0.1) is 11.3 Å². The Hall–Kier alpha value is -1.95. The van der Waals surface area contributed by atoms with Gasteiger partial charge < -0.3 is 5.32 Å². The zero-order valence-corrected chi connectivity index (χ0v) is 9.41. The van der Waals surface area contributed by atoms with E-state index in [1.54, 1.807) is 36.8 Å². The molecular formula is C10H10N4OS. The van der Waals surface area contributed by atoms with Gasteiger partial charge in [0.2, 0.25) is 0 Å². The molecule has 0 spiro atoms. The molecule has 0 saturated carbocycles. The molecule has 2 rings (SSSR count). The van der Waals surface area contributed by atoms with E-state index < -0.39 is 0 Å². The van der Waals surface area contributed by atoms with Gasteiger partial charge in [-0.05, 0) is 12.1 Å². The third-order valence-corrected chi connectivity index (χ3v) is 2.58. The third kappa shape index (κ3) is 2.34. The molecule has 0 fully saturated rings. The Bertz CT molecular complexity index is 483. The molecule has 0 saturated heterocycles. The first-order valence-corrected chi connectivity index (χ1v) is 5.53. The van der Waals surface area contributed by atoms with Crippen LogP contribution in [0.15, 0.2) is 29.8 Å². The quantitative estimate of drug-likeness (QED) is 0.850. The molecule has 0 aliphatic carbocycles. The lowest BCUT2D eigenvalue weighted by molar-refractivity contribution is 0.102. The molecule has 0 aliphatic rings. The predicted molar refractivity (Wildman–Crippen MR) is 63.9 cm³/mol. The van der Waals surface area contributed by atoms with Crippen LogP contribution in [0.5, 0.6) is 0 Å². The fraction of sp³-hybridized carbons (Fsp3) is 0.100. The van der Waals surface area contributed by atoms with Crippen LogP contribution < -0.4 is 10.6 Å². The van der Waals surface area contributed by atoms with E-state index in [9.17, 15) is 4.79 Å². The van der Waals surface area contributed by atoms with E-state index in [4.69, 9.17) is 0 Å². The van der Waals surface area contributed by atoms with Crippen molar-refractivity contribution in [1.82, 2.24) is 9.97 Å². The van der Waals surface area contributed by atoms with Crippen molar-refractivity contribution in [3.63, 3.8) is 0 Å². The Morgan fingerprint density at radius 3 is 3.00 bits per heavy atom. The van der Waals surface area contributed by atoms with E-state index in [1.807, 2.05) is 0 Å². The van der Waals surface area contributed by atoms with E-state index in [1.165, 1.54) is 11.3 Å². The zero-order chi connectivity index (χ0) is 11.4. The first-order chi connectivity index (χ1) is 7.79. The van der Waals surface area contributed by atoms with Gasteiger partial charge in [-0.3, -0.25) is 10.1 Å². The highest BCUT2D eigenvalue weighted by Crippen LogP contribution is 2.12. The molecular weight excluding hydrogens is 224 g/mol. The van der Waals surface area contributed by atoms with Gasteiger partial charge >= 0.3 is 0 Å². The molecule has 16 heavy (non-hydrogen) atoms. The van der Waals surface area contributed by atoms with Crippen molar-refractivity contribution in [3.8, 4) is 0 Å². The highest BCUT2D eigenvalue weighted by atomic mass is 32.1. The van der Waals surface area contributed by atoms with Gasteiger partial charge in [-0.1, -0.05) is 6.07 Å². The van der Waals surface area contributed by atoms with E-state index in [2.05, 4.69) is 20.6 Å². The van der Waals surface area contributed by atoms with Crippen LogP contribution in [-0.2, 0) is 0 Å². The lowest BCUT2D eigenvalue weighted by Gasteiger charge is -2.03. The molecule has 82 valence electrons. The van der Waals surface area contributed by atoms with E-state index in [0.29, 0.717) is 16.6 Å². The van der Waals surface area contributed by atoms with Crippen molar-refractivity contribution in [1.29, 1.82) is 0 Å². The summed E-state index contributed by atoms with van der Waals surface area (Å²) in [4.78, 5) is 19.8. The molecule has 0 radical (unpaired) electrons. The number of aromatic nitrogens is 2. The Morgan fingerprint density at radius 1 is 1.44 bits per heavy atom. The molecule has 5 nitrogen and oxygen atoms in total. The summed E-state index contributed by atoms with van der Waals surface area (Å²) in [7, 11) is 1.75. The normalized spacial score (nSPS) is 9.81. The fourth-order valence-electron chi connectivity index (χ4n) is 1.15. The van der Waals surface area contributed by atoms with E-state index in [0.717, 1.165) is 0 Å². The first kappa shape index (κ1) is 10.6. The minimum Gasteiger partial charge on any atom is -0.373 e. The van der Waals surface area contributed by atoms with Crippen molar-refractivity contribution >= 4 is 28.2 Å². The van der Waals surface area contributed by atoms with Gasteiger partial charge in [0.05, 0.1) is 0 Å². The number of amides is 1. The minimum absolute atomic E-state index is 0.257. The number of nitrogens with zero attached hydrogens (tertiary/aromatic N) is 2. The van der Waals surface area contributed by atoms with Crippen molar-refractivity contribution in [2.45, 2.75) is 0 Å². The number of carbonyl (C=O) groups excluding carboxylic acids is 1. The van der Waals surface area contributed by atoms with Gasteiger partial charge in [0.25, 0.3) is 5.91 Å². The van der Waals surface area contributed by atoms with Crippen molar-refractivity contribution in [2.24, 2.45) is 0 Å². The summed E-state index contributed by atoms with van der Waals surface area (Å²) in [5.74, 6) is 0.402. The number of hydrogen-bond acceptors (Lipinski definition) is 5. The van der Waals surface area contributed by atoms with Crippen LogP contribution in [0.2, 0.25) is 0 Å². The summed E-state index contributed by atoms with van der Waals surface area (Å²) in [6.07, 6.45) is 1.64. The molecule has 1 amide bonds. The Balaban J connectivity index is 2.14. The Labute approximate surface area is 96.6 Å². The van der Waals surface area contributed by atoms with Crippen molar-refractivity contribution in [3.05, 3.63) is 35.5 Å². The number of nitrogens with one attached hydrogen (secondary N) is 2. The SMILES string of the molecule is CNc1cccc(C(=O)Nc2nccs2)n1. The summed E-state index contributed by atoms with van der Waals surface area (Å²) >= 11 is 1.37. The average molecular weight is 234 g/mol. The van der Waals surface area contributed by atoms with Crippen LogP contribution in [0.25, 0.3) is 0 Å². The largest absolute Gasteiger partial charge is 0.373 e. The highest BCUT2D eigenvalue weighted by molar-refractivity contribution is 7.13. The summed E-state index contributed by atoms with van der Waals surface area (Å²) in [6, 6.07) is 5.22. The van der Waals surface area contributed by atoms with Crippen LogP contribution >= 0.6 is 11.3 Å². The lowest BCUT2D eigenvalue weighted by Crippen LogP contribution is -2.13. The number of thiazole rings is 1. The van der Waals surface area contributed by atoms with Gasteiger partial charge in [-0.25, -0.2) is 9.97 Å². The van der Waals surface area contributed by atoms with Crippen LogP contribution in [0.4, 0.5) is 10.9 Å². The van der Waals surface area contributed by atoms with Gasteiger partial charge in [0.15, 0.2) is 5.13 Å². The summed E-state index contributed by atoms with van der Waals surface area (Å²) in [5.41, 5.74) is 0.363. The molecule has 0 aromatic carbocycles. The highest BCUT2D eigenvalue weighted by Gasteiger charge is 2.08. The maximum atomic E-state index is 11.7.